The standard InChI is InChI=1S/C16H24O7/c1-4-6-7-16(23-14(19)5-2,11(3)8-13(17)18)15(20)22-10-12-9-21-12/h5,11-12H,2,4,6-10H2,1,3H3,(H,17,18). The molecule has 1 aliphatic heterocycles. The molecule has 0 aromatic carbocycles. The Kier molecular flexibility index (Phi) is 7.22. The molecule has 23 heavy (non-hydrogen) atoms. The second-order valence-corrected chi connectivity index (χ2v) is 5.67. The lowest BCUT2D eigenvalue weighted by Gasteiger charge is -2.35. The minimum atomic E-state index is -1.63. The van der Waals surface area contributed by atoms with E-state index in [1.54, 1.807) is 6.92 Å². The highest BCUT2D eigenvalue weighted by atomic mass is 16.6. The summed E-state index contributed by atoms with van der Waals surface area (Å²) < 4.78 is 15.5. The van der Waals surface area contributed by atoms with Gasteiger partial charge in [-0.3, -0.25) is 4.79 Å². The first kappa shape index (κ1) is 19.2. The third kappa shape index (κ3) is 5.67. The Balaban J connectivity index is 3.01. The summed E-state index contributed by atoms with van der Waals surface area (Å²) in [7, 11) is 0. The number of ether oxygens (including phenoxy) is 3. The summed E-state index contributed by atoms with van der Waals surface area (Å²) >= 11 is 0. The Morgan fingerprint density at radius 1 is 1.48 bits per heavy atom. The second-order valence-electron chi connectivity index (χ2n) is 5.67. The van der Waals surface area contributed by atoms with Crippen molar-refractivity contribution in [1.82, 2.24) is 0 Å². The number of unbranched alkanes of at least 4 members (excludes halogenated alkanes) is 1. The molecule has 1 aliphatic rings. The highest BCUT2D eigenvalue weighted by Gasteiger charge is 2.49. The molecule has 1 N–H and O–H groups in total. The maximum atomic E-state index is 12.6. The normalized spacial score (nSPS) is 20.0. The van der Waals surface area contributed by atoms with Gasteiger partial charge in [-0.2, -0.15) is 0 Å². The van der Waals surface area contributed by atoms with Crippen molar-refractivity contribution >= 4 is 17.9 Å². The van der Waals surface area contributed by atoms with Crippen LogP contribution in [0.3, 0.4) is 0 Å². The summed E-state index contributed by atoms with van der Waals surface area (Å²) in [6.07, 6.45) is 2.04. The average Bonchev–Trinajstić information content (AvgIpc) is 3.32. The number of epoxide rings is 1. The van der Waals surface area contributed by atoms with Gasteiger partial charge in [0.25, 0.3) is 0 Å². The molecule has 0 bridgehead atoms. The predicted octanol–water partition coefficient (Wildman–Crippen LogP) is 1.70. The number of esters is 2. The molecule has 1 fully saturated rings. The molecule has 3 atom stereocenters. The average molecular weight is 328 g/mol. The largest absolute Gasteiger partial charge is 0.481 e. The summed E-state index contributed by atoms with van der Waals surface area (Å²) in [4.78, 5) is 35.4. The summed E-state index contributed by atoms with van der Waals surface area (Å²) in [5.74, 6) is -3.32. The third-order valence-corrected chi connectivity index (χ3v) is 3.78. The lowest BCUT2D eigenvalue weighted by Crippen LogP contribution is -2.50. The molecule has 7 nitrogen and oxygen atoms in total. The molecule has 0 radical (unpaired) electrons. The number of carbonyl (C=O) groups is 3. The first-order valence-electron chi connectivity index (χ1n) is 7.71. The van der Waals surface area contributed by atoms with Gasteiger partial charge in [0, 0.05) is 12.0 Å². The van der Waals surface area contributed by atoms with Crippen molar-refractivity contribution in [3.63, 3.8) is 0 Å². The van der Waals surface area contributed by atoms with Crippen molar-refractivity contribution in [2.24, 2.45) is 5.92 Å². The van der Waals surface area contributed by atoms with Crippen LogP contribution >= 0.6 is 0 Å². The predicted molar refractivity (Wildman–Crippen MR) is 80.7 cm³/mol. The van der Waals surface area contributed by atoms with Crippen molar-refractivity contribution in [2.75, 3.05) is 13.2 Å². The lowest BCUT2D eigenvalue weighted by atomic mass is 9.81. The summed E-state index contributed by atoms with van der Waals surface area (Å²) in [5, 5.41) is 9.04. The Labute approximate surface area is 135 Å². The molecule has 0 amide bonds. The highest BCUT2D eigenvalue weighted by Crippen LogP contribution is 2.33. The molecule has 0 aromatic heterocycles. The maximum Gasteiger partial charge on any atom is 0.351 e. The van der Waals surface area contributed by atoms with Gasteiger partial charge in [0.05, 0.1) is 13.0 Å². The molecule has 1 saturated heterocycles. The van der Waals surface area contributed by atoms with Gasteiger partial charge in [-0.15, -0.1) is 0 Å². The molecule has 1 heterocycles. The molecule has 0 spiro atoms. The minimum absolute atomic E-state index is 0.0676. The minimum Gasteiger partial charge on any atom is -0.481 e. The van der Waals surface area contributed by atoms with Gasteiger partial charge in [0.1, 0.15) is 12.7 Å². The van der Waals surface area contributed by atoms with Gasteiger partial charge in [0.15, 0.2) is 0 Å². The number of carboxylic acid groups (broad SMARTS) is 1. The lowest BCUT2D eigenvalue weighted by molar-refractivity contribution is -0.189. The summed E-state index contributed by atoms with van der Waals surface area (Å²) in [5.41, 5.74) is -1.63. The van der Waals surface area contributed by atoms with Crippen LogP contribution in [-0.2, 0) is 28.6 Å². The number of hydrogen-bond donors (Lipinski definition) is 1. The fourth-order valence-corrected chi connectivity index (χ4v) is 2.29. The van der Waals surface area contributed by atoms with E-state index in [0.717, 1.165) is 12.5 Å². The number of hydrogen-bond acceptors (Lipinski definition) is 6. The topological polar surface area (TPSA) is 102 Å². The van der Waals surface area contributed by atoms with Crippen LogP contribution in [-0.4, -0.2) is 47.9 Å². The van der Waals surface area contributed by atoms with Crippen molar-refractivity contribution in [3.8, 4) is 0 Å². The van der Waals surface area contributed by atoms with E-state index in [2.05, 4.69) is 6.58 Å². The molecule has 0 saturated carbocycles. The zero-order valence-corrected chi connectivity index (χ0v) is 13.6. The molecule has 7 heteroatoms. The molecule has 130 valence electrons. The smallest absolute Gasteiger partial charge is 0.351 e. The van der Waals surface area contributed by atoms with Crippen LogP contribution in [0.5, 0.6) is 0 Å². The van der Waals surface area contributed by atoms with Crippen molar-refractivity contribution < 1.29 is 33.7 Å². The highest BCUT2D eigenvalue weighted by molar-refractivity contribution is 5.88. The number of carboxylic acids is 1. The number of carbonyl (C=O) groups excluding carboxylic acids is 2. The first-order valence-corrected chi connectivity index (χ1v) is 7.71. The van der Waals surface area contributed by atoms with E-state index in [0.29, 0.717) is 13.0 Å². The fourth-order valence-electron chi connectivity index (χ4n) is 2.29. The quantitative estimate of drug-likeness (QED) is 0.350. The van der Waals surface area contributed by atoms with Crippen LogP contribution in [0, 0.1) is 5.92 Å². The van der Waals surface area contributed by atoms with Crippen molar-refractivity contribution in [2.45, 2.75) is 51.2 Å². The molecular weight excluding hydrogens is 304 g/mol. The maximum absolute atomic E-state index is 12.6. The van der Waals surface area contributed by atoms with Gasteiger partial charge in [0.2, 0.25) is 5.60 Å². The molecule has 0 aliphatic carbocycles. The molecule has 1 rings (SSSR count). The van der Waals surface area contributed by atoms with Gasteiger partial charge in [-0.1, -0.05) is 26.8 Å². The zero-order chi connectivity index (χ0) is 17.5. The summed E-state index contributed by atoms with van der Waals surface area (Å²) in [6, 6.07) is 0. The van der Waals surface area contributed by atoms with E-state index < -0.39 is 29.4 Å². The van der Waals surface area contributed by atoms with Crippen molar-refractivity contribution in [1.29, 1.82) is 0 Å². The number of rotatable bonds is 11. The second kappa shape index (κ2) is 8.67. The van der Waals surface area contributed by atoms with Gasteiger partial charge in [-0.25, -0.2) is 9.59 Å². The van der Waals surface area contributed by atoms with E-state index in [4.69, 9.17) is 19.3 Å². The van der Waals surface area contributed by atoms with E-state index >= 15 is 0 Å². The SMILES string of the molecule is C=CC(=O)OC(CCCC)(C(=O)OCC1CO1)C(C)CC(=O)O. The molecule has 0 aromatic rings. The van der Waals surface area contributed by atoms with Crippen molar-refractivity contribution in [3.05, 3.63) is 12.7 Å². The zero-order valence-electron chi connectivity index (χ0n) is 13.6. The Hall–Kier alpha value is -1.89. The number of aliphatic carboxylic acids is 1. The van der Waals surface area contributed by atoms with Crippen LogP contribution in [0.4, 0.5) is 0 Å². The van der Waals surface area contributed by atoms with Gasteiger partial charge >= 0.3 is 17.9 Å². The molecule has 3 unspecified atom stereocenters. The van der Waals surface area contributed by atoms with E-state index in [9.17, 15) is 14.4 Å². The Morgan fingerprint density at radius 2 is 2.13 bits per heavy atom. The van der Waals surface area contributed by atoms with E-state index in [-0.39, 0.29) is 25.6 Å². The van der Waals surface area contributed by atoms with Gasteiger partial charge < -0.3 is 19.3 Å². The third-order valence-electron chi connectivity index (χ3n) is 3.78. The van der Waals surface area contributed by atoms with Crippen LogP contribution in [0.15, 0.2) is 12.7 Å². The summed E-state index contributed by atoms with van der Waals surface area (Å²) in [6.45, 7) is 7.40. The Morgan fingerprint density at radius 3 is 2.61 bits per heavy atom. The first-order chi connectivity index (χ1) is 10.9. The van der Waals surface area contributed by atoms with E-state index in [1.807, 2.05) is 6.92 Å². The van der Waals surface area contributed by atoms with Crippen LogP contribution in [0.2, 0.25) is 0 Å². The monoisotopic (exact) mass is 328 g/mol. The Bertz CT molecular complexity index is 455. The van der Waals surface area contributed by atoms with Crippen LogP contribution < -0.4 is 0 Å². The molecular formula is C16H24O7. The van der Waals surface area contributed by atoms with E-state index in [1.165, 1.54) is 0 Å². The van der Waals surface area contributed by atoms with Gasteiger partial charge in [-0.05, 0) is 12.8 Å². The fraction of sp³-hybridized carbons (Fsp3) is 0.688. The van der Waals surface area contributed by atoms with Crippen LogP contribution in [0.1, 0.15) is 39.5 Å². The van der Waals surface area contributed by atoms with Crippen LogP contribution in [0.25, 0.3) is 0 Å².